The molecule has 0 saturated carbocycles. The van der Waals surface area contributed by atoms with Gasteiger partial charge in [-0.3, -0.25) is 4.79 Å². The summed E-state index contributed by atoms with van der Waals surface area (Å²) in [5.74, 6) is 0.00885. The smallest absolute Gasteiger partial charge is 0.312 e. The average molecular weight is 312 g/mol. The summed E-state index contributed by atoms with van der Waals surface area (Å²) in [6.45, 7) is 4.21. The molecule has 0 amide bonds. The number of carbonyl (C=O) groups excluding carboxylic acids is 1. The van der Waals surface area contributed by atoms with Crippen LogP contribution in [0.25, 0.3) is 0 Å². The molecular formula is C17H26ClNO2. The molecule has 0 spiro atoms. The Hall–Kier alpha value is -1.06. The standard InChI is InChI=1S/C17H25NO2.ClH/c1-2-20-16(19)17(11-13-18-14-12-17)10-6-9-15-7-4-3-5-8-15;/h3-5,7-8,18H,2,6,9-14H2,1H3;1H. The maximum atomic E-state index is 12.3. The number of piperidine rings is 1. The van der Waals surface area contributed by atoms with Crippen LogP contribution in [0, 0.1) is 5.41 Å². The summed E-state index contributed by atoms with van der Waals surface area (Å²) in [5, 5.41) is 3.34. The van der Waals surface area contributed by atoms with Crippen molar-refractivity contribution in [2.75, 3.05) is 19.7 Å². The third kappa shape index (κ3) is 5.01. The van der Waals surface area contributed by atoms with Crippen molar-refractivity contribution in [3.05, 3.63) is 35.9 Å². The van der Waals surface area contributed by atoms with Crippen LogP contribution in [0.3, 0.4) is 0 Å². The first-order valence-corrected chi connectivity index (χ1v) is 7.69. The zero-order valence-corrected chi connectivity index (χ0v) is 13.6. The van der Waals surface area contributed by atoms with Crippen molar-refractivity contribution in [2.24, 2.45) is 5.41 Å². The van der Waals surface area contributed by atoms with E-state index in [-0.39, 0.29) is 23.8 Å². The van der Waals surface area contributed by atoms with Gasteiger partial charge in [-0.05, 0) is 57.7 Å². The van der Waals surface area contributed by atoms with E-state index in [9.17, 15) is 4.79 Å². The molecule has 1 aromatic rings. The first-order chi connectivity index (χ1) is 9.77. The van der Waals surface area contributed by atoms with Crippen molar-refractivity contribution in [3.63, 3.8) is 0 Å². The number of carbonyl (C=O) groups is 1. The molecule has 1 aromatic carbocycles. The second-order valence-corrected chi connectivity index (χ2v) is 5.59. The average Bonchev–Trinajstić information content (AvgIpc) is 2.49. The molecular weight excluding hydrogens is 286 g/mol. The van der Waals surface area contributed by atoms with Crippen molar-refractivity contribution < 1.29 is 9.53 Å². The van der Waals surface area contributed by atoms with Gasteiger partial charge in [-0.2, -0.15) is 0 Å². The molecule has 0 unspecified atom stereocenters. The summed E-state index contributed by atoms with van der Waals surface area (Å²) in [5.41, 5.74) is 1.09. The zero-order chi connectivity index (χ0) is 14.3. The van der Waals surface area contributed by atoms with Crippen molar-refractivity contribution in [1.82, 2.24) is 5.32 Å². The number of hydrogen-bond donors (Lipinski definition) is 1. The number of halogens is 1. The van der Waals surface area contributed by atoms with Crippen LogP contribution in [0.15, 0.2) is 30.3 Å². The van der Waals surface area contributed by atoms with Gasteiger partial charge in [0.15, 0.2) is 0 Å². The maximum Gasteiger partial charge on any atom is 0.312 e. The van der Waals surface area contributed by atoms with Gasteiger partial charge in [0.25, 0.3) is 0 Å². The lowest BCUT2D eigenvalue weighted by Crippen LogP contribution is -2.43. The Kier molecular flexibility index (Phi) is 7.76. The Morgan fingerprint density at radius 3 is 2.52 bits per heavy atom. The predicted octanol–water partition coefficient (Wildman–Crippen LogP) is 3.36. The number of nitrogens with one attached hydrogen (secondary N) is 1. The van der Waals surface area contributed by atoms with Gasteiger partial charge < -0.3 is 10.1 Å². The van der Waals surface area contributed by atoms with Crippen molar-refractivity contribution in [1.29, 1.82) is 0 Å². The number of aryl methyl sites for hydroxylation is 1. The number of rotatable bonds is 6. The lowest BCUT2D eigenvalue weighted by molar-refractivity contribution is -0.157. The topological polar surface area (TPSA) is 38.3 Å². The fraction of sp³-hybridized carbons (Fsp3) is 0.588. The molecule has 1 aliphatic heterocycles. The molecule has 1 fully saturated rings. The molecule has 0 aromatic heterocycles. The molecule has 1 N–H and O–H groups in total. The summed E-state index contributed by atoms with van der Waals surface area (Å²) in [4.78, 5) is 12.3. The van der Waals surface area contributed by atoms with Crippen LogP contribution in [0.2, 0.25) is 0 Å². The summed E-state index contributed by atoms with van der Waals surface area (Å²) >= 11 is 0. The van der Waals surface area contributed by atoms with Crippen molar-refractivity contribution in [2.45, 2.75) is 39.0 Å². The van der Waals surface area contributed by atoms with E-state index in [0.717, 1.165) is 45.2 Å². The molecule has 0 aliphatic carbocycles. The van der Waals surface area contributed by atoms with Crippen LogP contribution >= 0.6 is 12.4 Å². The van der Waals surface area contributed by atoms with Crippen LogP contribution in [0.4, 0.5) is 0 Å². The molecule has 4 heteroatoms. The van der Waals surface area contributed by atoms with Gasteiger partial charge in [-0.25, -0.2) is 0 Å². The van der Waals surface area contributed by atoms with E-state index in [1.807, 2.05) is 13.0 Å². The Morgan fingerprint density at radius 2 is 1.90 bits per heavy atom. The minimum atomic E-state index is -0.254. The SMILES string of the molecule is CCOC(=O)C1(CCCc2ccccc2)CCNCC1.Cl. The lowest BCUT2D eigenvalue weighted by Gasteiger charge is -2.35. The van der Waals surface area contributed by atoms with Crippen LogP contribution < -0.4 is 5.32 Å². The van der Waals surface area contributed by atoms with Crippen LogP contribution in [0.1, 0.15) is 38.2 Å². The van der Waals surface area contributed by atoms with Gasteiger partial charge >= 0.3 is 5.97 Å². The van der Waals surface area contributed by atoms with Gasteiger partial charge in [0.1, 0.15) is 0 Å². The maximum absolute atomic E-state index is 12.3. The van der Waals surface area contributed by atoms with Crippen LogP contribution in [-0.4, -0.2) is 25.7 Å². The lowest BCUT2D eigenvalue weighted by atomic mass is 9.75. The Balaban J connectivity index is 0.00000220. The van der Waals surface area contributed by atoms with Crippen LogP contribution in [0.5, 0.6) is 0 Å². The number of ether oxygens (including phenoxy) is 1. The molecule has 1 heterocycles. The normalized spacial score (nSPS) is 16.8. The van der Waals surface area contributed by atoms with Crippen molar-refractivity contribution >= 4 is 18.4 Å². The first kappa shape index (κ1) is 18.0. The second-order valence-electron chi connectivity index (χ2n) is 5.59. The Bertz CT molecular complexity index is 416. The third-order valence-electron chi connectivity index (χ3n) is 4.23. The highest BCUT2D eigenvalue weighted by Gasteiger charge is 2.40. The van der Waals surface area contributed by atoms with Gasteiger partial charge in [0, 0.05) is 0 Å². The zero-order valence-electron chi connectivity index (χ0n) is 12.8. The summed E-state index contributed by atoms with van der Waals surface area (Å²) < 4.78 is 5.32. The summed E-state index contributed by atoms with van der Waals surface area (Å²) in [7, 11) is 0. The Morgan fingerprint density at radius 1 is 1.24 bits per heavy atom. The number of esters is 1. The van der Waals surface area contributed by atoms with E-state index in [1.54, 1.807) is 0 Å². The van der Waals surface area contributed by atoms with E-state index in [2.05, 4.69) is 29.6 Å². The fourth-order valence-corrected chi connectivity index (χ4v) is 3.02. The monoisotopic (exact) mass is 311 g/mol. The third-order valence-corrected chi connectivity index (χ3v) is 4.23. The molecule has 0 atom stereocenters. The highest BCUT2D eigenvalue weighted by Crippen LogP contribution is 2.36. The van der Waals surface area contributed by atoms with Crippen molar-refractivity contribution in [3.8, 4) is 0 Å². The molecule has 0 radical (unpaired) electrons. The van der Waals surface area contributed by atoms with E-state index in [0.29, 0.717) is 6.61 Å². The predicted molar refractivity (Wildman–Crippen MR) is 87.8 cm³/mol. The Labute approximate surface area is 133 Å². The molecule has 1 aliphatic rings. The van der Waals surface area contributed by atoms with Gasteiger partial charge in [-0.15, -0.1) is 12.4 Å². The first-order valence-electron chi connectivity index (χ1n) is 7.69. The van der Waals surface area contributed by atoms with E-state index in [4.69, 9.17) is 4.74 Å². The number of benzene rings is 1. The van der Waals surface area contributed by atoms with Gasteiger partial charge in [-0.1, -0.05) is 30.3 Å². The molecule has 3 nitrogen and oxygen atoms in total. The van der Waals surface area contributed by atoms with Gasteiger partial charge in [0.2, 0.25) is 0 Å². The fourth-order valence-electron chi connectivity index (χ4n) is 3.02. The quantitative estimate of drug-likeness (QED) is 0.819. The minimum absolute atomic E-state index is 0. The highest BCUT2D eigenvalue weighted by atomic mass is 35.5. The van der Waals surface area contributed by atoms with Gasteiger partial charge in [0.05, 0.1) is 12.0 Å². The molecule has 2 rings (SSSR count). The minimum Gasteiger partial charge on any atom is -0.466 e. The number of hydrogen-bond acceptors (Lipinski definition) is 3. The largest absolute Gasteiger partial charge is 0.466 e. The summed E-state index contributed by atoms with van der Waals surface area (Å²) in [6.07, 6.45) is 4.82. The molecule has 1 saturated heterocycles. The van der Waals surface area contributed by atoms with Crippen LogP contribution in [-0.2, 0) is 16.0 Å². The van der Waals surface area contributed by atoms with E-state index in [1.165, 1.54) is 5.56 Å². The molecule has 0 bridgehead atoms. The highest BCUT2D eigenvalue weighted by molar-refractivity contribution is 5.85. The van der Waals surface area contributed by atoms with E-state index >= 15 is 0 Å². The molecule has 21 heavy (non-hydrogen) atoms. The van der Waals surface area contributed by atoms with E-state index < -0.39 is 0 Å². The second kappa shape index (κ2) is 9.06. The summed E-state index contributed by atoms with van der Waals surface area (Å²) in [6, 6.07) is 10.5. The molecule has 118 valence electrons.